The van der Waals surface area contributed by atoms with Crippen molar-refractivity contribution >= 4 is 43.3 Å². The third-order valence-electron chi connectivity index (χ3n) is 2.21. The molecule has 0 saturated heterocycles. The molecular weight excluding hydrogens is 288 g/mol. The predicted octanol–water partition coefficient (Wildman–Crippen LogP) is 3.97. The molecule has 0 aliphatic carbocycles. The van der Waals surface area contributed by atoms with Crippen molar-refractivity contribution in [3.8, 4) is 0 Å². The quantitative estimate of drug-likeness (QED) is 0.633. The van der Waals surface area contributed by atoms with Gasteiger partial charge in [0.15, 0.2) is 0 Å². The van der Waals surface area contributed by atoms with Gasteiger partial charge < -0.3 is 4.74 Å². The Hall–Kier alpha value is -0.870. The molecule has 0 bridgehead atoms. The number of hydrogen-bond acceptors (Lipinski definition) is 3. The number of halogens is 1. The average molecular weight is 299 g/mol. The standard InChI is InChI=1S/C12H11BrO2S/c1-2-15-12(14)11-6-9-5-8(7-13)3-4-10(9)16-11/h3-6H,2,7H2,1H3. The second kappa shape index (κ2) is 4.97. The van der Waals surface area contributed by atoms with E-state index < -0.39 is 0 Å². The summed E-state index contributed by atoms with van der Waals surface area (Å²) in [5.41, 5.74) is 1.21. The molecule has 16 heavy (non-hydrogen) atoms. The van der Waals surface area contributed by atoms with Crippen LogP contribution in [0.5, 0.6) is 0 Å². The first-order chi connectivity index (χ1) is 7.74. The second-order valence-electron chi connectivity index (χ2n) is 3.34. The van der Waals surface area contributed by atoms with Crippen LogP contribution < -0.4 is 0 Å². The molecule has 0 atom stereocenters. The number of rotatable bonds is 3. The molecule has 0 aliphatic heterocycles. The van der Waals surface area contributed by atoms with Gasteiger partial charge in [-0.05, 0) is 36.1 Å². The Kier molecular flexibility index (Phi) is 3.61. The molecule has 0 amide bonds. The summed E-state index contributed by atoms with van der Waals surface area (Å²) in [6.45, 7) is 2.23. The zero-order valence-corrected chi connectivity index (χ0v) is 11.2. The summed E-state index contributed by atoms with van der Waals surface area (Å²) < 4.78 is 6.09. The highest BCUT2D eigenvalue weighted by Gasteiger charge is 2.10. The fourth-order valence-electron chi connectivity index (χ4n) is 1.48. The fraction of sp³-hybridized carbons (Fsp3) is 0.250. The average Bonchev–Trinajstić information content (AvgIpc) is 2.71. The van der Waals surface area contributed by atoms with E-state index in [9.17, 15) is 4.79 Å². The number of fused-ring (bicyclic) bond motifs is 1. The van der Waals surface area contributed by atoms with Crippen molar-refractivity contribution in [2.45, 2.75) is 12.3 Å². The minimum absolute atomic E-state index is 0.232. The van der Waals surface area contributed by atoms with Crippen LogP contribution in [0.2, 0.25) is 0 Å². The van der Waals surface area contributed by atoms with Crippen molar-refractivity contribution in [3.05, 3.63) is 34.7 Å². The first-order valence-corrected chi connectivity index (χ1v) is 6.94. The molecule has 0 aliphatic rings. The van der Waals surface area contributed by atoms with Gasteiger partial charge in [-0.1, -0.05) is 22.0 Å². The van der Waals surface area contributed by atoms with Crippen LogP contribution in [-0.2, 0) is 10.1 Å². The highest BCUT2D eigenvalue weighted by atomic mass is 79.9. The minimum atomic E-state index is -0.232. The Balaban J connectivity index is 2.39. The van der Waals surface area contributed by atoms with E-state index in [1.54, 1.807) is 0 Å². The topological polar surface area (TPSA) is 26.3 Å². The Morgan fingerprint density at radius 2 is 2.25 bits per heavy atom. The summed E-state index contributed by atoms with van der Waals surface area (Å²) in [4.78, 5) is 12.2. The summed E-state index contributed by atoms with van der Waals surface area (Å²) in [5.74, 6) is -0.232. The van der Waals surface area contributed by atoms with Crippen LogP contribution in [-0.4, -0.2) is 12.6 Å². The fourth-order valence-corrected chi connectivity index (χ4v) is 2.76. The van der Waals surface area contributed by atoms with E-state index in [1.807, 2.05) is 19.1 Å². The highest BCUT2D eigenvalue weighted by molar-refractivity contribution is 9.08. The van der Waals surface area contributed by atoms with Crippen molar-refractivity contribution in [3.63, 3.8) is 0 Å². The lowest BCUT2D eigenvalue weighted by Gasteiger charge is -1.95. The molecule has 0 spiro atoms. The van der Waals surface area contributed by atoms with Gasteiger partial charge in [0, 0.05) is 10.0 Å². The van der Waals surface area contributed by atoms with Crippen molar-refractivity contribution in [1.29, 1.82) is 0 Å². The van der Waals surface area contributed by atoms with Crippen LogP contribution in [0.3, 0.4) is 0 Å². The summed E-state index contributed by atoms with van der Waals surface area (Å²) in [6, 6.07) is 8.08. The molecule has 2 rings (SSSR count). The van der Waals surface area contributed by atoms with Gasteiger partial charge in [-0.15, -0.1) is 11.3 Å². The molecule has 84 valence electrons. The van der Waals surface area contributed by atoms with Gasteiger partial charge in [-0.2, -0.15) is 0 Å². The predicted molar refractivity (Wildman–Crippen MR) is 70.4 cm³/mol. The SMILES string of the molecule is CCOC(=O)c1cc2cc(CBr)ccc2s1. The van der Waals surface area contributed by atoms with Crippen LogP contribution in [0.1, 0.15) is 22.2 Å². The van der Waals surface area contributed by atoms with Crippen molar-refractivity contribution in [2.75, 3.05) is 6.61 Å². The molecule has 0 N–H and O–H groups in total. The van der Waals surface area contributed by atoms with Gasteiger partial charge >= 0.3 is 5.97 Å². The number of carbonyl (C=O) groups excluding carboxylic acids is 1. The van der Waals surface area contributed by atoms with Gasteiger partial charge in [0.25, 0.3) is 0 Å². The number of alkyl halides is 1. The monoisotopic (exact) mass is 298 g/mol. The molecule has 1 aromatic carbocycles. The summed E-state index contributed by atoms with van der Waals surface area (Å²) in [6.07, 6.45) is 0. The Bertz CT molecular complexity index is 519. The Morgan fingerprint density at radius 1 is 1.44 bits per heavy atom. The summed E-state index contributed by atoms with van der Waals surface area (Å²) in [7, 11) is 0. The molecule has 1 heterocycles. The molecule has 2 aromatic rings. The number of thiophene rings is 1. The zero-order chi connectivity index (χ0) is 11.5. The summed E-state index contributed by atoms with van der Waals surface area (Å²) in [5, 5.41) is 1.93. The zero-order valence-electron chi connectivity index (χ0n) is 8.83. The number of ether oxygens (including phenoxy) is 1. The van der Waals surface area contributed by atoms with Gasteiger partial charge in [0.05, 0.1) is 6.61 Å². The summed E-state index contributed by atoms with van der Waals surface area (Å²) >= 11 is 4.89. The van der Waals surface area contributed by atoms with E-state index in [4.69, 9.17) is 4.74 Å². The van der Waals surface area contributed by atoms with Crippen LogP contribution >= 0.6 is 27.3 Å². The lowest BCUT2D eigenvalue weighted by atomic mass is 10.2. The Labute approximate surface area is 106 Å². The maximum absolute atomic E-state index is 11.5. The molecule has 4 heteroatoms. The van der Waals surface area contributed by atoms with E-state index in [2.05, 4.69) is 28.1 Å². The molecule has 0 saturated carbocycles. The van der Waals surface area contributed by atoms with Gasteiger partial charge in [-0.3, -0.25) is 0 Å². The van der Waals surface area contributed by atoms with E-state index in [1.165, 1.54) is 16.9 Å². The van der Waals surface area contributed by atoms with E-state index >= 15 is 0 Å². The van der Waals surface area contributed by atoms with E-state index in [-0.39, 0.29) is 5.97 Å². The third-order valence-corrected chi connectivity index (χ3v) is 3.96. The smallest absolute Gasteiger partial charge is 0.348 e. The molecule has 0 radical (unpaired) electrons. The highest BCUT2D eigenvalue weighted by Crippen LogP contribution is 2.27. The normalized spacial score (nSPS) is 10.6. The van der Waals surface area contributed by atoms with E-state index in [0.29, 0.717) is 11.5 Å². The molecule has 0 unspecified atom stereocenters. The molecule has 1 aromatic heterocycles. The maximum atomic E-state index is 11.5. The van der Waals surface area contributed by atoms with Crippen molar-refractivity contribution < 1.29 is 9.53 Å². The van der Waals surface area contributed by atoms with Crippen LogP contribution in [0.25, 0.3) is 10.1 Å². The number of benzene rings is 1. The van der Waals surface area contributed by atoms with Crippen molar-refractivity contribution in [1.82, 2.24) is 0 Å². The van der Waals surface area contributed by atoms with Gasteiger partial charge in [-0.25, -0.2) is 4.79 Å². The first kappa shape index (κ1) is 11.6. The lowest BCUT2D eigenvalue weighted by molar-refractivity contribution is 0.0532. The van der Waals surface area contributed by atoms with Crippen molar-refractivity contribution in [2.24, 2.45) is 0 Å². The first-order valence-electron chi connectivity index (χ1n) is 5.00. The lowest BCUT2D eigenvalue weighted by Crippen LogP contribution is -2.01. The van der Waals surface area contributed by atoms with Crippen LogP contribution in [0.4, 0.5) is 0 Å². The number of esters is 1. The maximum Gasteiger partial charge on any atom is 0.348 e. The second-order valence-corrected chi connectivity index (χ2v) is 4.98. The van der Waals surface area contributed by atoms with Gasteiger partial charge in [0.2, 0.25) is 0 Å². The molecule has 0 fully saturated rings. The Morgan fingerprint density at radius 3 is 2.94 bits per heavy atom. The molecular formula is C12H11BrO2S. The van der Waals surface area contributed by atoms with Crippen LogP contribution in [0.15, 0.2) is 24.3 Å². The van der Waals surface area contributed by atoms with Crippen LogP contribution in [0, 0.1) is 0 Å². The number of carbonyl (C=O) groups is 1. The largest absolute Gasteiger partial charge is 0.462 e. The third kappa shape index (κ3) is 2.28. The minimum Gasteiger partial charge on any atom is -0.462 e. The number of hydrogen-bond donors (Lipinski definition) is 0. The molecule has 2 nitrogen and oxygen atoms in total. The van der Waals surface area contributed by atoms with Gasteiger partial charge in [0.1, 0.15) is 4.88 Å². The van der Waals surface area contributed by atoms with E-state index in [0.717, 1.165) is 15.4 Å².